The second-order valence-electron chi connectivity index (χ2n) is 5.58. The molecule has 0 spiro atoms. The predicted molar refractivity (Wildman–Crippen MR) is 66.0 cm³/mol. The first-order valence-corrected chi connectivity index (χ1v) is 6.30. The van der Waals surface area contributed by atoms with Gasteiger partial charge in [0.25, 0.3) is 0 Å². The summed E-state index contributed by atoms with van der Waals surface area (Å²) in [5.74, 6) is 0.207. The smallest absolute Gasteiger partial charge is 0.113 e. The SMILES string of the molecule is COC1[C@H](OC(C)C)C(CO)OC(C)(C)[C@H]1C. The van der Waals surface area contributed by atoms with E-state index in [1.807, 2.05) is 27.7 Å². The van der Waals surface area contributed by atoms with E-state index < -0.39 is 0 Å². The maximum absolute atomic E-state index is 9.45. The lowest BCUT2D eigenvalue weighted by molar-refractivity contribution is -0.262. The van der Waals surface area contributed by atoms with Crippen LogP contribution in [-0.2, 0) is 14.2 Å². The summed E-state index contributed by atoms with van der Waals surface area (Å²) in [6.07, 6.45) is -0.511. The summed E-state index contributed by atoms with van der Waals surface area (Å²) < 4.78 is 17.3. The Morgan fingerprint density at radius 1 is 1.29 bits per heavy atom. The fraction of sp³-hybridized carbons (Fsp3) is 1.00. The number of aliphatic hydroxyl groups is 1. The molecular weight excluding hydrogens is 220 g/mol. The molecule has 4 nitrogen and oxygen atoms in total. The molecule has 4 heteroatoms. The Bertz CT molecular complexity index is 240. The van der Waals surface area contributed by atoms with Gasteiger partial charge in [-0.3, -0.25) is 0 Å². The van der Waals surface area contributed by atoms with E-state index in [4.69, 9.17) is 14.2 Å². The first kappa shape index (κ1) is 14.9. The summed E-state index contributed by atoms with van der Waals surface area (Å²) >= 11 is 0. The normalized spacial score (nSPS) is 37.4. The summed E-state index contributed by atoms with van der Waals surface area (Å²) in [5, 5.41) is 9.45. The monoisotopic (exact) mass is 246 g/mol. The zero-order valence-electron chi connectivity index (χ0n) is 11.8. The van der Waals surface area contributed by atoms with Crippen LogP contribution in [0.3, 0.4) is 0 Å². The lowest BCUT2D eigenvalue weighted by Gasteiger charge is -2.49. The fourth-order valence-corrected chi connectivity index (χ4v) is 2.41. The van der Waals surface area contributed by atoms with Gasteiger partial charge in [-0.05, 0) is 27.7 Å². The molecule has 0 aromatic carbocycles. The van der Waals surface area contributed by atoms with Gasteiger partial charge >= 0.3 is 0 Å². The van der Waals surface area contributed by atoms with E-state index in [2.05, 4.69) is 6.92 Å². The molecule has 0 aromatic heterocycles. The van der Waals surface area contributed by atoms with Crippen LogP contribution in [0.4, 0.5) is 0 Å². The molecule has 2 unspecified atom stereocenters. The largest absolute Gasteiger partial charge is 0.394 e. The van der Waals surface area contributed by atoms with Crippen LogP contribution in [-0.4, -0.2) is 48.8 Å². The molecule has 1 N–H and O–H groups in total. The van der Waals surface area contributed by atoms with Crippen LogP contribution >= 0.6 is 0 Å². The van der Waals surface area contributed by atoms with Crippen molar-refractivity contribution in [3.63, 3.8) is 0 Å². The van der Waals surface area contributed by atoms with E-state index in [1.165, 1.54) is 0 Å². The summed E-state index contributed by atoms with van der Waals surface area (Å²) in [5.41, 5.74) is -0.315. The lowest BCUT2D eigenvalue weighted by atomic mass is 9.80. The predicted octanol–water partition coefficient (Wildman–Crippen LogP) is 1.60. The Kier molecular flexibility index (Phi) is 4.95. The molecule has 102 valence electrons. The molecule has 17 heavy (non-hydrogen) atoms. The van der Waals surface area contributed by atoms with Crippen molar-refractivity contribution in [3.05, 3.63) is 0 Å². The van der Waals surface area contributed by atoms with E-state index >= 15 is 0 Å². The first-order valence-electron chi connectivity index (χ1n) is 6.30. The lowest BCUT2D eigenvalue weighted by Crippen LogP contribution is -2.60. The summed E-state index contributed by atoms with van der Waals surface area (Å²) in [7, 11) is 1.69. The van der Waals surface area contributed by atoms with Crippen molar-refractivity contribution in [1.29, 1.82) is 0 Å². The van der Waals surface area contributed by atoms with Gasteiger partial charge in [0.2, 0.25) is 0 Å². The molecule has 1 rings (SSSR count). The zero-order chi connectivity index (χ0) is 13.2. The van der Waals surface area contributed by atoms with Crippen molar-refractivity contribution < 1.29 is 19.3 Å². The standard InChI is InChI=1S/C13H26O4/c1-8(2)16-12-10(7-14)17-13(4,5)9(3)11(12)15-6/h8-12,14H,7H2,1-6H3/t9-,10?,11?,12+/m0/s1. The van der Waals surface area contributed by atoms with Gasteiger partial charge < -0.3 is 19.3 Å². The van der Waals surface area contributed by atoms with Crippen molar-refractivity contribution in [3.8, 4) is 0 Å². The number of hydrogen-bond acceptors (Lipinski definition) is 4. The van der Waals surface area contributed by atoms with Crippen LogP contribution < -0.4 is 0 Å². The zero-order valence-corrected chi connectivity index (χ0v) is 11.8. The number of ether oxygens (including phenoxy) is 3. The van der Waals surface area contributed by atoms with Gasteiger partial charge in [-0.1, -0.05) is 6.92 Å². The van der Waals surface area contributed by atoms with Gasteiger partial charge in [0.05, 0.1) is 24.4 Å². The highest BCUT2D eigenvalue weighted by molar-refractivity contribution is 4.96. The van der Waals surface area contributed by atoms with Crippen LogP contribution in [0, 0.1) is 5.92 Å². The number of aliphatic hydroxyl groups excluding tert-OH is 1. The summed E-state index contributed by atoms with van der Waals surface area (Å²) in [4.78, 5) is 0. The van der Waals surface area contributed by atoms with Gasteiger partial charge in [0.15, 0.2) is 0 Å². The van der Waals surface area contributed by atoms with Crippen molar-refractivity contribution in [2.24, 2.45) is 5.92 Å². The van der Waals surface area contributed by atoms with Crippen molar-refractivity contribution >= 4 is 0 Å². The third-order valence-corrected chi connectivity index (χ3v) is 3.62. The third-order valence-electron chi connectivity index (χ3n) is 3.62. The van der Waals surface area contributed by atoms with Crippen LogP contribution in [0.15, 0.2) is 0 Å². The minimum absolute atomic E-state index is 0.0482. The van der Waals surface area contributed by atoms with E-state index in [0.29, 0.717) is 0 Å². The Hall–Kier alpha value is -0.160. The second-order valence-corrected chi connectivity index (χ2v) is 5.58. The van der Waals surface area contributed by atoms with Gasteiger partial charge in [0.1, 0.15) is 12.2 Å². The maximum atomic E-state index is 9.45. The molecule has 0 aliphatic carbocycles. The molecule has 0 bridgehead atoms. The van der Waals surface area contributed by atoms with Crippen LogP contribution in [0.5, 0.6) is 0 Å². The van der Waals surface area contributed by atoms with Gasteiger partial charge in [-0.15, -0.1) is 0 Å². The Balaban J connectivity index is 2.90. The quantitative estimate of drug-likeness (QED) is 0.818. The Morgan fingerprint density at radius 3 is 2.29 bits per heavy atom. The summed E-state index contributed by atoms with van der Waals surface area (Å²) in [6, 6.07) is 0. The molecule has 0 amide bonds. The Morgan fingerprint density at radius 2 is 1.88 bits per heavy atom. The molecule has 0 radical (unpaired) electrons. The minimum Gasteiger partial charge on any atom is -0.394 e. The van der Waals surface area contributed by atoms with E-state index in [9.17, 15) is 5.11 Å². The molecule has 1 aliphatic rings. The van der Waals surface area contributed by atoms with Crippen molar-refractivity contribution in [2.75, 3.05) is 13.7 Å². The molecular formula is C13H26O4. The summed E-state index contributed by atoms with van der Waals surface area (Å²) in [6.45, 7) is 10.1. The first-order chi connectivity index (χ1) is 7.83. The number of methoxy groups -OCH3 is 1. The Labute approximate surface area is 104 Å². The fourth-order valence-electron chi connectivity index (χ4n) is 2.41. The van der Waals surface area contributed by atoms with Crippen molar-refractivity contribution in [2.45, 2.75) is 64.6 Å². The highest BCUT2D eigenvalue weighted by Crippen LogP contribution is 2.37. The van der Waals surface area contributed by atoms with Crippen LogP contribution in [0.25, 0.3) is 0 Å². The molecule has 1 fully saturated rings. The average molecular weight is 246 g/mol. The van der Waals surface area contributed by atoms with E-state index in [1.54, 1.807) is 7.11 Å². The molecule has 4 atom stereocenters. The molecule has 1 aliphatic heterocycles. The average Bonchev–Trinajstić information content (AvgIpc) is 2.23. The van der Waals surface area contributed by atoms with Crippen LogP contribution in [0.1, 0.15) is 34.6 Å². The topological polar surface area (TPSA) is 47.9 Å². The molecule has 1 heterocycles. The molecule has 0 saturated carbocycles. The van der Waals surface area contributed by atoms with Gasteiger partial charge in [0, 0.05) is 13.0 Å². The number of hydrogen-bond donors (Lipinski definition) is 1. The highest BCUT2D eigenvalue weighted by Gasteiger charge is 2.48. The van der Waals surface area contributed by atoms with Crippen LogP contribution in [0.2, 0.25) is 0 Å². The maximum Gasteiger partial charge on any atom is 0.113 e. The number of rotatable bonds is 4. The highest BCUT2D eigenvalue weighted by atomic mass is 16.6. The van der Waals surface area contributed by atoms with Crippen molar-refractivity contribution in [1.82, 2.24) is 0 Å². The molecule has 0 aromatic rings. The van der Waals surface area contributed by atoms with Gasteiger partial charge in [-0.25, -0.2) is 0 Å². The van der Waals surface area contributed by atoms with E-state index in [-0.39, 0.29) is 42.5 Å². The third kappa shape index (κ3) is 3.19. The molecule has 1 saturated heterocycles. The minimum atomic E-state index is -0.325. The second kappa shape index (κ2) is 5.65. The van der Waals surface area contributed by atoms with E-state index in [0.717, 1.165) is 0 Å². The van der Waals surface area contributed by atoms with Gasteiger partial charge in [-0.2, -0.15) is 0 Å².